The lowest BCUT2D eigenvalue weighted by Gasteiger charge is -2.17. The fourth-order valence-electron chi connectivity index (χ4n) is 0.841. The smallest absolute Gasteiger partial charge is 0.451 e. The van der Waals surface area contributed by atoms with Gasteiger partial charge in [-0.15, -0.1) is 0 Å². The van der Waals surface area contributed by atoms with Crippen molar-refractivity contribution < 1.29 is 17.7 Å². The van der Waals surface area contributed by atoms with Crippen LogP contribution in [-0.2, 0) is 17.5 Å². The van der Waals surface area contributed by atoms with Crippen LogP contribution in [0.25, 0.3) is 0 Å². The molecule has 0 radical (unpaired) electrons. The van der Waals surface area contributed by atoms with Crippen LogP contribution >= 0.6 is 0 Å². The van der Waals surface area contributed by atoms with Crippen LogP contribution in [-0.4, -0.2) is 25.5 Å². The molecule has 1 aromatic rings. The van der Waals surface area contributed by atoms with Gasteiger partial charge in [-0.3, -0.25) is 0 Å². The number of alkyl halides is 3. The zero-order chi connectivity index (χ0) is 14.0. The zero-order valence-corrected chi connectivity index (χ0v) is 10.8. The van der Waals surface area contributed by atoms with Gasteiger partial charge in [0, 0.05) is 6.20 Å². The molecule has 1 rings (SSSR count). The first-order valence-electron chi connectivity index (χ1n) is 4.97. The van der Waals surface area contributed by atoms with Gasteiger partial charge < -0.3 is 4.55 Å². The lowest BCUT2D eigenvalue weighted by molar-refractivity contribution is -0.145. The Morgan fingerprint density at radius 2 is 1.94 bits per heavy atom. The molecule has 0 aromatic carbocycles. The molecular weight excluding hydrogens is 267 g/mol. The summed E-state index contributed by atoms with van der Waals surface area (Å²) in [6.45, 7) is 5.13. The molecule has 100 valence electrons. The van der Waals surface area contributed by atoms with E-state index in [0.29, 0.717) is 0 Å². The molecule has 18 heavy (non-hydrogen) atoms. The molecule has 0 fully saturated rings. The Bertz CT molecular complexity index is 443. The predicted octanol–water partition coefficient (Wildman–Crippen LogP) is 2.38. The zero-order valence-electron chi connectivity index (χ0n) is 10.0. The van der Waals surface area contributed by atoms with E-state index in [-0.39, 0.29) is 5.69 Å². The van der Waals surface area contributed by atoms with Crippen LogP contribution in [0.1, 0.15) is 32.3 Å². The fourth-order valence-corrected chi connectivity index (χ4v) is 1.36. The molecule has 0 aliphatic carbocycles. The van der Waals surface area contributed by atoms with E-state index in [0.717, 1.165) is 12.4 Å². The summed E-state index contributed by atoms with van der Waals surface area (Å²) in [6.07, 6.45) is -2.57. The van der Waals surface area contributed by atoms with E-state index in [9.17, 15) is 17.7 Å². The number of nitrogens with zero attached hydrogens (tertiary/aromatic N) is 3. The molecule has 0 saturated carbocycles. The van der Waals surface area contributed by atoms with Crippen LogP contribution in [0, 0.1) is 0 Å². The third-order valence-corrected chi connectivity index (χ3v) is 3.08. The third kappa shape index (κ3) is 4.26. The Kier molecular flexibility index (Phi) is 4.33. The van der Waals surface area contributed by atoms with E-state index in [2.05, 4.69) is 14.4 Å². The van der Waals surface area contributed by atoms with Crippen LogP contribution in [0.4, 0.5) is 13.2 Å². The average molecular weight is 279 g/mol. The maximum absolute atomic E-state index is 12.3. The first kappa shape index (κ1) is 14.9. The summed E-state index contributed by atoms with van der Waals surface area (Å²) in [6, 6.07) is 1.26. The highest BCUT2D eigenvalue weighted by atomic mass is 32.2. The molecular formula is C10H12F3N3OS. The van der Waals surface area contributed by atoms with Gasteiger partial charge in [0.15, 0.2) is 0 Å². The Morgan fingerprint density at radius 1 is 1.33 bits per heavy atom. The third-order valence-electron chi connectivity index (χ3n) is 1.74. The van der Waals surface area contributed by atoms with E-state index in [1.807, 2.05) is 0 Å². The Hall–Kier alpha value is -1.15. The van der Waals surface area contributed by atoms with E-state index >= 15 is 0 Å². The molecule has 8 heteroatoms. The van der Waals surface area contributed by atoms with Crippen molar-refractivity contribution in [2.75, 3.05) is 0 Å². The van der Waals surface area contributed by atoms with Crippen molar-refractivity contribution in [2.24, 2.45) is 4.40 Å². The highest BCUT2D eigenvalue weighted by molar-refractivity contribution is 7.91. The molecule has 0 N–H and O–H groups in total. The molecule has 0 amide bonds. The van der Waals surface area contributed by atoms with Crippen molar-refractivity contribution >= 4 is 17.6 Å². The molecule has 1 unspecified atom stereocenters. The van der Waals surface area contributed by atoms with E-state index in [4.69, 9.17) is 0 Å². The number of halogens is 3. The highest BCUT2D eigenvalue weighted by Gasteiger charge is 2.34. The lowest BCUT2D eigenvalue weighted by Crippen LogP contribution is -2.26. The van der Waals surface area contributed by atoms with Gasteiger partial charge in [0.05, 0.1) is 5.69 Å². The second kappa shape index (κ2) is 5.23. The average Bonchev–Trinajstić information content (AvgIpc) is 2.23. The quantitative estimate of drug-likeness (QED) is 0.617. The largest absolute Gasteiger partial charge is 0.591 e. The fraction of sp³-hybridized carbons (Fsp3) is 0.500. The van der Waals surface area contributed by atoms with Crippen molar-refractivity contribution in [2.45, 2.75) is 31.7 Å². The van der Waals surface area contributed by atoms with Crippen LogP contribution < -0.4 is 0 Å². The Balaban J connectivity index is 2.90. The van der Waals surface area contributed by atoms with Gasteiger partial charge in [0.1, 0.15) is 22.3 Å². The van der Waals surface area contributed by atoms with Gasteiger partial charge in [-0.25, -0.2) is 9.97 Å². The van der Waals surface area contributed by atoms with Crippen LogP contribution in [0.3, 0.4) is 0 Å². The topological polar surface area (TPSA) is 61.2 Å². The van der Waals surface area contributed by atoms with Gasteiger partial charge in [0.2, 0.25) is 5.82 Å². The maximum Gasteiger partial charge on any atom is 0.451 e. The van der Waals surface area contributed by atoms with Crippen LogP contribution in [0.5, 0.6) is 0 Å². The minimum atomic E-state index is -4.60. The van der Waals surface area contributed by atoms with Crippen molar-refractivity contribution in [1.29, 1.82) is 0 Å². The number of hydrogen-bond acceptors (Lipinski definition) is 4. The number of rotatable bonds is 2. The summed E-state index contributed by atoms with van der Waals surface area (Å²) in [5.74, 6) is -1.24. The summed E-state index contributed by atoms with van der Waals surface area (Å²) >= 11 is -1.54. The molecule has 0 aliphatic rings. The molecule has 0 bridgehead atoms. The second-order valence-electron chi connectivity index (χ2n) is 4.40. The molecule has 1 heterocycles. The van der Waals surface area contributed by atoms with Crippen molar-refractivity contribution in [3.05, 3.63) is 23.8 Å². The minimum absolute atomic E-state index is 0.0325. The van der Waals surface area contributed by atoms with Crippen LogP contribution in [0.15, 0.2) is 16.7 Å². The van der Waals surface area contributed by atoms with Gasteiger partial charge in [0.25, 0.3) is 0 Å². The molecule has 0 aliphatic heterocycles. The normalized spacial score (nSPS) is 15.1. The van der Waals surface area contributed by atoms with Crippen LogP contribution in [0.2, 0.25) is 0 Å². The molecule has 4 nitrogen and oxygen atoms in total. The van der Waals surface area contributed by atoms with E-state index in [1.54, 1.807) is 20.8 Å². The Morgan fingerprint density at radius 3 is 2.44 bits per heavy atom. The SMILES string of the molecule is CC(C)(C)[S+]([O-])/N=C/c1ccnc(C(F)(F)F)n1. The van der Waals surface area contributed by atoms with Crippen molar-refractivity contribution in [3.63, 3.8) is 0 Å². The van der Waals surface area contributed by atoms with Gasteiger partial charge in [-0.05, 0) is 26.8 Å². The predicted molar refractivity (Wildman–Crippen MR) is 62.5 cm³/mol. The highest BCUT2D eigenvalue weighted by Crippen LogP contribution is 2.25. The summed E-state index contributed by atoms with van der Waals surface area (Å²) in [5, 5.41) is 0. The first-order chi connectivity index (χ1) is 8.10. The maximum atomic E-state index is 12.3. The summed E-state index contributed by atoms with van der Waals surface area (Å²) in [7, 11) is 0. The monoisotopic (exact) mass is 279 g/mol. The minimum Gasteiger partial charge on any atom is -0.591 e. The lowest BCUT2D eigenvalue weighted by atomic mass is 10.3. The standard InChI is InChI=1S/C10H12F3N3OS/c1-9(2,3)18(17)15-6-7-4-5-14-8(16-7)10(11,12)13/h4-6H,1-3H3/b15-6+. The molecule has 1 atom stereocenters. The van der Waals surface area contributed by atoms with Gasteiger partial charge in [-0.1, -0.05) is 4.40 Å². The molecule has 0 spiro atoms. The van der Waals surface area contributed by atoms with Crippen molar-refractivity contribution in [3.8, 4) is 0 Å². The molecule has 0 saturated heterocycles. The summed E-state index contributed by atoms with van der Waals surface area (Å²) in [5.41, 5.74) is -0.0325. The second-order valence-corrected chi connectivity index (χ2v) is 6.33. The number of aromatic nitrogens is 2. The summed E-state index contributed by atoms with van der Waals surface area (Å²) in [4.78, 5) is 6.39. The van der Waals surface area contributed by atoms with E-state index < -0.39 is 28.1 Å². The first-order valence-corrected chi connectivity index (χ1v) is 6.07. The Labute approximate surface area is 106 Å². The molecule has 1 aromatic heterocycles. The van der Waals surface area contributed by atoms with Crippen molar-refractivity contribution in [1.82, 2.24) is 9.97 Å². The number of hydrogen-bond donors (Lipinski definition) is 0. The van der Waals surface area contributed by atoms with Gasteiger partial charge >= 0.3 is 6.18 Å². The summed E-state index contributed by atoms with van der Waals surface area (Å²) < 4.78 is 51.7. The van der Waals surface area contributed by atoms with Gasteiger partial charge in [-0.2, -0.15) is 13.2 Å². The van der Waals surface area contributed by atoms with E-state index in [1.165, 1.54) is 6.07 Å².